The monoisotopic (exact) mass is 406 g/mol. The molecule has 0 spiro atoms. The molecule has 0 radical (unpaired) electrons. The normalized spacial score (nSPS) is 30.5. The minimum Gasteiger partial charge on any atom is -0.461 e. The Labute approximate surface area is 172 Å². The number of esters is 1. The molecule has 0 aromatic rings. The van der Waals surface area contributed by atoms with Crippen molar-refractivity contribution in [2.24, 2.45) is 5.41 Å². The van der Waals surface area contributed by atoms with Gasteiger partial charge in [-0.05, 0) is 40.7 Å². The minimum absolute atomic E-state index is 0.0225. The van der Waals surface area contributed by atoms with E-state index < -0.39 is 47.2 Å². The first kappa shape index (κ1) is 23.4. The van der Waals surface area contributed by atoms with Crippen molar-refractivity contribution in [3.63, 3.8) is 0 Å². The van der Waals surface area contributed by atoms with E-state index in [9.17, 15) is 20.1 Å². The van der Waals surface area contributed by atoms with Crippen LogP contribution in [0.5, 0.6) is 0 Å². The molecule has 7 heteroatoms. The zero-order chi connectivity index (χ0) is 22.1. The third kappa shape index (κ3) is 5.60. The lowest BCUT2D eigenvalue weighted by molar-refractivity contribution is -0.177. The summed E-state index contributed by atoms with van der Waals surface area (Å²) in [5.74, 6) is 6.34. The van der Waals surface area contributed by atoms with Crippen molar-refractivity contribution in [1.82, 2.24) is 0 Å². The van der Waals surface area contributed by atoms with Gasteiger partial charge in [0.15, 0.2) is 11.4 Å². The average Bonchev–Trinajstić information content (AvgIpc) is 3.09. The maximum atomic E-state index is 12.2. The summed E-state index contributed by atoms with van der Waals surface area (Å²) in [5.41, 5.74) is -3.91. The molecule has 1 aliphatic carbocycles. The van der Waals surface area contributed by atoms with Gasteiger partial charge in [0.05, 0.1) is 18.1 Å². The average molecular weight is 406 g/mol. The summed E-state index contributed by atoms with van der Waals surface area (Å²) in [6.07, 6.45) is 4.94. The molecule has 1 fully saturated rings. The van der Waals surface area contributed by atoms with Crippen LogP contribution in [0.15, 0.2) is 11.6 Å². The molecular formula is C22H30O7. The molecule has 1 saturated heterocycles. The fraction of sp³-hybridized carbons (Fsp3) is 0.682. The lowest BCUT2D eigenvalue weighted by Gasteiger charge is -2.30. The van der Waals surface area contributed by atoms with Gasteiger partial charge in [-0.1, -0.05) is 11.8 Å². The summed E-state index contributed by atoms with van der Waals surface area (Å²) in [6, 6.07) is 0. The SMILES string of the molecule is C#CC[C@@]1(O)C[C@H](O)C=C1C#C[C@@](O)(COC(=O)C(C)(C)C)[C@@H]1COC(C)(C)O1. The van der Waals surface area contributed by atoms with Crippen LogP contribution in [0.1, 0.15) is 47.5 Å². The van der Waals surface area contributed by atoms with Crippen molar-refractivity contribution in [2.75, 3.05) is 13.2 Å². The van der Waals surface area contributed by atoms with E-state index in [4.69, 9.17) is 20.6 Å². The molecule has 0 saturated carbocycles. The summed E-state index contributed by atoms with van der Waals surface area (Å²) in [6.45, 7) is 8.09. The van der Waals surface area contributed by atoms with E-state index >= 15 is 0 Å². The van der Waals surface area contributed by atoms with E-state index in [2.05, 4.69) is 17.8 Å². The molecule has 4 atom stereocenters. The fourth-order valence-electron chi connectivity index (χ4n) is 3.06. The van der Waals surface area contributed by atoms with Crippen LogP contribution in [-0.4, -0.2) is 63.7 Å². The first-order valence-electron chi connectivity index (χ1n) is 9.52. The van der Waals surface area contributed by atoms with Gasteiger partial charge in [0.1, 0.15) is 18.3 Å². The van der Waals surface area contributed by atoms with Crippen molar-refractivity contribution in [1.29, 1.82) is 0 Å². The smallest absolute Gasteiger partial charge is 0.311 e. The van der Waals surface area contributed by atoms with Crippen LogP contribution in [0.3, 0.4) is 0 Å². The van der Waals surface area contributed by atoms with Crippen molar-refractivity contribution in [3.05, 3.63) is 11.6 Å². The van der Waals surface area contributed by atoms with E-state index in [0.717, 1.165) is 0 Å². The molecule has 0 aromatic carbocycles. The Kier molecular flexibility index (Phi) is 6.54. The highest BCUT2D eigenvalue weighted by atomic mass is 16.7. The standard InChI is InChI=1S/C22H30O7/c1-7-9-21(25)12-16(23)11-15(21)8-10-22(26,14-27-18(24)19(2,3)4)17-13-28-20(5,6)29-17/h1,11,16-17,23,25-26H,9,12-14H2,2-6H3/t16-,17+,21-,22-/m1/s1. The summed E-state index contributed by atoms with van der Waals surface area (Å²) in [5, 5.41) is 31.8. The third-order valence-corrected chi connectivity index (χ3v) is 4.79. The van der Waals surface area contributed by atoms with Crippen LogP contribution < -0.4 is 0 Å². The predicted octanol–water partition coefficient (Wildman–Crippen LogP) is 0.907. The molecule has 160 valence electrons. The van der Waals surface area contributed by atoms with E-state index in [1.54, 1.807) is 34.6 Å². The van der Waals surface area contributed by atoms with Gasteiger partial charge in [-0.3, -0.25) is 4.79 Å². The van der Waals surface area contributed by atoms with Crippen LogP contribution in [0.2, 0.25) is 0 Å². The number of carbonyl (C=O) groups excluding carboxylic acids is 1. The third-order valence-electron chi connectivity index (χ3n) is 4.79. The molecule has 2 rings (SSSR count). The number of hydrogen-bond acceptors (Lipinski definition) is 7. The molecule has 0 amide bonds. The Morgan fingerprint density at radius 1 is 1.41 bits per heavy atom. The van der Waals surface area contributed by atoms with Crippen LogP contribution in [0, 0.1) is 29.6 Å². The van der Waals surface area contributed by atoms with Crippen LogP contribution in [0.25, 0.3) is 0 Å². The highest BCUT2D eigenvalue weighted by Gasteiger charge is 2.47. The molecule has 29 heavy (non-hydrogen) atoms. The number of aliphatic hydroxyl groups excluding tert-OH is 1. The lowest BCUT2D eigenvalue weighted by atomic mass is 9.90. The zero-order valence-electron chi connectivity index (χ0n) is 17.6. The second-order valence-electron chi connectivity index (χ2n) is 9.08. The minimum atomic E-state index is -1.89. The summed E-state index contributed by atoms with van der Waals surface area (Å²) >= 11 is 0. The topological polar surface area (TPSA) is 105 Å². The largest absolute Gasteiger partial charge is 0.461 e. The molecule has 2 aliphatic rings. The fourth-order valence-corrected chi connectivity index (χ4v) is 3.06. The number of carbonyl (C=O) groups is 1. The lowest BCUT2D eigenvalue weighted by Crippen LogP contribution is -2.48. The van der Waals surface area contributed by atoms with Gasteiger partial charge in [-0.25, -0.2) is 0 Å². The molecule has 1 aliphatic heterocycles. The zero-order valence-corrected chi connectivity index (χ0v) is 17.6. The molecule has 3 N–H and O–H groups in total. The highest BCUT2D eigenvalue weighted by molar-refractivity contribution is 5.75. The molecule has 0 unspecified atom stereocenters. The van der Waals surface area contributed by atoms with Gasteiger partial charge in [0, 0.05) is 18.4 Å². The summed E-state index contributed by atoms with van der Waals surface area (Å²) in [7, 11) is 0. The van der Waals surface area contributed by atoms with Crippen LogP contribution in [0.4, 0.5) is 0 Å². The Hall–Kier alpha value is -1.87. The number of ether oxygens (including phenoxy) is 3. The van der Waals surface area contributed by atoms with Crippen molar-refractivity contribution >= 4 is 5.97 Å². The first-order chi connectivity index (χ1) is 13.2. The van der Waals surface area contributed by atoms with Crippen molar-refractivity contribution < 1.29 is 34.3 Å². The second-order valence-corrected chi connectivity index (χ2v) is 9.08. The maximum Gasteiger partial charge on any atom is 0.311 e. The van der Waals surface area contributed by atoms with Crippen LogP contribution >= 0.6 is 0 Å². The summed E-state index contributed by atoms with van der Waals surface area (Å²) in [4.78, 5) is 12.2. The predicted molar refractivity (Wildman–Crippen MR) is 105 cm³/mol. The molecule has 1 heterocycles. The van der Waals surface area contributed by atoms with E-state index in [1.165, 1.54) is 6.08 Å². The number of hydrogen-bond donors (Lipinski definition) is 3. The second kappa shape index (κ2) is 8.10. The Morgan fingerprint density at radius 2 is 2.07 bits per heavy atom. The van der Waals surface area contributed by atoms with Crippen molar-refractivity contribution in [2.45, 2.75) is 76.7 Å². The molecule has 0 bridgehead atoms. The van der Waals surface area contributed by atoms with E-state index in [-0.39, 0.29) is 25.0 Å². The number of terminal acetylenes is 1. The molecule has 7 nitrogen and oxygen atoms in total. The molecule has 0 aromatic heterocycles. The number of rotatable bonds is 4. The maximum absolute atomic E-state index is 12.2. The molecular weight excluding hydrogens is 376 g/mol. The first-order valence-corrected chi connectivity index (χ1v) is 9.52. The Balaban J connectivity index is 2.32. The van der Waals surface area contributed by atoms with Crippen LogP contribution in [-0.2, 0) is 19.0 Å². The van der Waals surface area contributed by atoms with Gasteiger partial charge >= 0.3 is 5.97 Å². The summed E-state index contributed by atoms with van der Waals surface area (Å²) < 4.78 is 16.6. The van der Waals surface area contributed by atoms with Gasteiger partial charge in [0.25, 0.3) is 0 Å². The Bertz CT molecular complexity index is 774. The van der Waals surface area contributed by atoms with Gasteiger partial charge in [0.2, 0.25) is 0 Å². The van der Waals surface area contributed by atoms with Crippen molar-refractivity contribution in [3.8, 4) is 24.2 Å². The van der Waals surface area contributed by atoms with Gasteiger partial charge < -0.3 is 29.5 Å². The van der Waals surface area contributed by atoms with Gasteiger partial charge in [-0.15, -0.1) is 12.3 Å². The van der Waals surface area contributed by atoms with E-state index in [1.807, 2.05) is 0 Å². The van der Waals surface area contributed by atoms with Gasteiger partial charge in [-0.2, -0.15) is 0 Å². The Morgan fingerprint density at radius 3 is 2.59 bits per heavy atom. The van der Waals surface area contributed by atoms with E-state index in [0.29, 0.717) is 0 Å². The number of aliphatic hydroxyl groups is 3. The highest BCUT2D eigenvalue weighted by Crippen LogP contribution is 2.34. The quantitative estimate of drug-likeness (QED) is 0.471.